The molecular formula is C16H17Br2N3O3. The maximum atomic E-state index is 13.1. The zero-order chi connectivity index (χ0) is 17.6. The first-order valence-corrected chi connectivity index (χ1v) is 8.99. The van der Waals surface area contributed by atoms with Gasteiger partial charge in [-0.2, -0.15) is 0 Å². The fourth-order valence-electron chi connectivity index (χ4n) is 2.67. The van der Waals surface area contributed by atoms with Gasteiger partial charge >= 0.3 is 0 Å². The topological polar surface area (TPSA) is 88.2 Å². The zero-order valence-corrected chi connectivity index (χ0v) is 16.4. The van der Waals surface area contributed by atoms with Gasteiger partial charge in [0, 0.05) is 12.6 Å². The van der Waals surface area contributed by atoms with Gasteiger partial charge in [0.05, 0.1) is 21.2 Å². The molecule has 1 aromatic rings. The number of nitrogens with two attached hydrogens (primary N) is 1. The summed E-state index contributed by atoms with van der Waals surface area (Å²) in [6.07, 6.45) is 1.76. The summed E-state index contributed by atoms with van der Waals surface area (Å²) in [4.78, 5) is 18.9. The van der Waals surface area contributed by atoms with Crippen molar-refractivity contribution in [2.45, 2.75) is 25.4 Å². The quantitative estimate of drug-likeness (QED) is 0.676. The van der Waals surface area contributed by atoms with Gasteiger partial charge in [-0.15, -0.1) is 0 Å². The fourth-order valence-corrected chi connectivity index (χ4v) is 3.86. The van der Waals surface area contributed by atoms with Crippen molar-refractivity contribution in [1.82, 2.24) is 4.90 Å². The molecular weight excluding hydrogens is 442 g/mol. The van der Waals surface area contributed by atoms with Crippen molar-refractivity contribution in [3.05, 3.63) is 38.1 Å². The molecule has 0 unspecified atom stereocenters. The highest BCUT2D eigenvalue weighted by Gasteiger charge is 2.53. The second-order valence-corrected chi connectivity index (χ2v) is 7.73. The number of carbonyl (C=O) groups excluding carboxylic acids is 1. The van der Waals surface area contributed by atoms with E-state index in [4.69, 9.17) is 10.5 Å². The van der Waals surface area contributed by atoms with Gasteiger partial charge in [0.25, 0.3) is 5.91 Å². The highest BCUT2D eigenvalue weighted by molar-refractivity contribution is 9.11. The molecule has 1 heterocycles. The SMILES string of the molecule is CN=C1C(=C(C)N)OC2(CC2)CN1C(=O)c1cc(Br)c(O)c(Br)c1. The van der Waals surface area contributed by atoms with Crippen LogP contribution in [0.5, 0.6) is 5.75 Å². The Bertz CT molecular complexity index is 758. The van der Waals surface area contributed by atoms with E-state index in [1.807, 2.05) is 0 Å². The van der Waals surface area contributed by atoms with E-state index in [1.54, 1.807) is 31.0 Å². The Hall–Kier alpha value is -1.54. The third-order valence-corrected chi connectivity index (χ3v) is 5.32. The number of phenols is 1. The van der Waals surface area contributed by atoms with E-state index in [0.29, 0.717) is 38.3 Å². The standard InChI is InChI=1S/C16H17Br2N3O3/c1-8(19)13-14(20-2)21(7-16(24-13)3-4-16)15(23)9-5-10(17)12(22)11(18)6-9/h5-6,22H,3-4,7,19H2,1-2H3. The van der Waals surface area contributed by atoms with Gasteiger partial charge < -0.3 is 15.6 Å². The van der Waals surface area contributed by atoms with Crippen LogP contribution in [0.4, 0.5) is 0 Å². The molecule has 0 atom stereocenters. The normalized spacial score (nSPS) is 22.5. The predicted octanol–water partition coefficient (Wildman–Crippen LogP) is 3.14. The first kappa shape index (κ1) is 17.3. The van der Waals surface area contributed by atoms with Crippen molar-refractivity contribution in [2.24, 2.45) is 10.7 Å². The number of rotatable bonds is 1. The Morgan fingerprint density at radius 3 is 2.42 bits per heavy atom. The van der Waals surface area contributed by atoms with Crippen LogP contribution in [0.15, 0.2) is 37.5 Å². The molecule has 0 bridgehead atoms. The minimum atomic E-state index is -0.356. The van der Waals surface area contributed by atoms with Crippen LogP contribution in [-0.4, -0.2) is 40.9 Å². The smallest absolute Gasteiger partial charge is 0.259 e. The van der Waals surface area contributed by atoms with Crippen LogP contribution in [0.25, 0.3) is 0 Å². The van der Waals surface area contributed by atoms with E-state index < -0.39 is 0 Å². The van der Waals surface area contributed by atoms with Crippen molar-refractivity contribution in [3.8, 4) is 5.75 Å². The third-order valence-electron chi connectivity index (χ3n) is 4.11. The number of nitrogens with zero attached hydrogens (tertiary/aromatic N) is 2. The number of aliphatic imine (C=N–C) groups is 1. The lowest BCUT2D eigenvalue weighted by Crippen LogP contribution is -2.50. The molecule has 1 saturated heterocycles. The summed E-state index contributed by atoms with van der Waals surface area (Å²) in [5.41, 5.74) is 6.51. The number of amidine groups is 1. The Labute approximate surface area is 156 Å². The van der Waals surface area contributed by atoms with Crippen LogP contribution < -0.4 is 5.73 Å². The van der Waals surface area contributed by atoms with E-state index in [1.165, 1.54) is 0 Å². The number of hydrogen-bond acceptors (Lipinski definition) is 5. The van der Waals surface area contributed by atoms with Crippen LogP contribution in [-0.2, 0) is 4.74 Å². The summed E-state index contributed by atoms with van der Waals surface area (Å²) in [5, 5.41) is 9.84. The number of hydrogen-bond donors (Lipinski definition) is 2. The molecule has 24 heavy (non-hydrogen) atoms. The number of benzene rings is 1. The van der Waals surface area contributed by atoms with Crippen molar-refractivity contribution in [3.63, 3.8) is 0 Å². The number of amides is 1. The average molecular weight is 459 g/mol. The minimum absolute atomic E-state index is 0.0509. The number of phenolic OH excluding ortho intramolecular Hbond substituents is 1. The van der Waals surface area contributed by atoms with Crippen LogP contribution >= 0.6 is 31.9 Å². The molecule has 2 aliphatic rings. The summed E-state index contributed by atoms with van der Waals surface area (Å²) in [6, 6.07) is 3.17. The lowest BCUT2D eigenvalue weighted by atomic mass is 10.1. The number of morpholine rings is 1. The van der Waals surface area contributed by atoms with Crippen LogP contribution in [0.3, 0.4) is 0 Å². The van der Waals surface area contributed by atoms with Crippen LogP contribution in [0.1, 0.15) is 30.1 Å². The van der Waals surface area contributed by atoms with Gasteiger partial charge in [-0.1, -0.05) is 0 Å². The van der Waals surface area contributed by atoms with Crippen LogP contribution in [0.2, 0.25) is 0 Å². The number of halogens is 2. The minimum Gasteiger partial charge on any atom is -0.506 e. The van der Waals surface area contributed by atoms with Gasteiger partial charge in [-0.05, 0) is 63.8 Å². The molecule has 1 amide bonds. The Balaban J connectivity index is 2.03. The number of ether oxygens (including phenoxy) is 1. The number of aromatic hydroxyl groups is 1. The first-order chi connectivity index (χ1) is 11.3. The Kier molecular flexibility index (Phi) is 4.37. The van der Waals surface area contributed by atoms with Gasteiger partial charge in [0.15, 0.2) is 11.6 Å². The van der Waals surface area contributed by atoms with E-state index in [-0.39, 0.29) is 17.3 Å². The second kappa shape index (κ2) is 6.07. The van der Waals surface area contributed by atoms with Crippen molar-refractivity contribution in [2.75, 3.05) is 13.6 Å². The van der Waals surface area contributed by atoms with E-state index in [0.717, 1.165) is 12.8 Å². The van der Waals surface area contributed by atoms with E-state index in [9.17, 15) is 9.90 Å². The summed E-state index contributed by atoms with van der Waals surface area (Å²) in [6.45, 7) is 2.17. The molecule has 0 radical (unpaired) electrons. The van der Waals surface area contributed by atoms with Crippen molar-refractivity contribution < 1.29 is 14.6 Å². The highest BCUT2D eigenvalue weighted by atomic mass is 79.9. The number of carbonyl (C=O) groups is 1. The molecule has 0 aromatic heterocycles. The van der Waals surface area contributed by atoms with Gasteiger partial charge in [0.1, 0.15) is 11.4 Å². The molecule has 3 N–H and O–H groups in total. The highest BCUT2D eigenvalue weighted by Crippen LogP contribution is 2.46. The fraction of sp³-hybridized carbons (Fsp3) is 0.375. The van der Waals surface area contributed by atoms with Crippen LogP contribution in [0, 0.1) is 0 Å². The molecule has 1 aromatic carbocycles. The molecule has 2 fully saturated rings. The Morgan fingerprint density at radius 2 is 1.96 bits per heavy atom. The predicted molar refractivity (Wildman–Crippen MR) is 97.8 cm³/mol. The summed E-state index contributed by atoms with van der Waals surface area (Å²) < 4.78 is 6.88. The summed E-state index contributed by atoms with van der Waals surface area (Å²) >= 11 is 6.51. The maximum absolute atomic E-state index is 13.1. The largest absolute Gasteiger partial charge is 0.506 e. The maximum Gasteiger partial charge on any atom is 0.259 e. The third kappa shape index (κ3) is 2.93. The Morgan fingerprint density at radius 1 is 1.38 bits per heavy atom. The molecule has 1 saturated carbocycles. The molecule has 128 valence electrons. The molecule has 1 spiro atoms. The van der Waals surface area contributed by atoms with Gasteiger partial charge in [-0.3, -0.25) is 14.7 Å². The van der Waals surface area contributed by atoms with Crippen molar-refractivity contribution >= 4 is 43.6 Å². The molecule has 1 aliphatic carbocycles. The van der Waals surface area contributed by atoms with E-state index in [2.05, 4.69) is 36.9 Å². The lowest BCUT2D eigenvalue weighted by Gasteiger charge is -2.36. The van der Waals surface area contributed by atoms with Gasteiger partial charge in [0.2, 0.25) is 0 Å². The summed E-state index contributed by atoms with van der Waals surface area (Å²) in [5.74, 6) is 0.727. The lowest BCUT2D eigenvalue weighted by molar-refractivity contribution is 0.0448. The first-order valence-electron chi connectivity index (χ1n) is 7.40. The second-order valence-electron chi connectivity index (χ2n) is 6.02. The van der Waals surface area contributed by atoms with Gasteiger partial charge in [-0.25, -0.2) is 0 Å². The summed E-state index contributed by atoms with van der Waals surface area (Å²) in [7, 11) is 1.61. The molecule has 6 nitrogen and oxygen atoms in total. The monoisotopic (exact) mass is 457 g/mol. The van der Waals surface area contributed by atoms with Crippen molar-refractivity contribution in [1.29, 1.82) is 0 Å². The molecule has 3 rings (SSSR count). The number of allylic oxidation sites excluding steroid dienone is 1. The zero-order valence-electron chi connectivity index (χ0n) is 13.3. The average Bonchev–Trinajstić information content (AvgIpc) is 3.29. The van der Waals surface area contributed by atoms with E-state index >= 15 is 0 Å². The molecule has 8 heteroatoms. The molecule has 1 aliphatic heterocycles.